The predicted octanol–water partition coefficient (Wildman–Crippen LogP) is 20.2. The molecule has 0 aliphatic rings. The Morgan fingerprint density at radius 1 is 0.301 bits per heavy atom. The second kappa shape index (κ2) is 60.1. The molecule has 6 nitrogen and oxygen atoms in total. The van der Waals surface area contributed by atoms with Crippen LogP contribution in [0.1, 0.15) is 252 Å². The number of ether oxygens (including phenoxy) is 3. The third-order valence-corrected chi connectivity index (χ3v) is 12.2. The number of carbonyl (C=O) groups excluding carboxylic acids is 3. The van der Waals surface area contributed by atoms with Gasteiger partial charge in [0, 0.05) is 12.8 Å². The summed E-state index contributed by atoms with van der Waals surface area (Å²) in [6.07, 6.45) is 84.9. The summed E-state index contributed by atoms with van der Waals surface area (Å²) in [7, 11) is 0. The molecule has 0 bridgehead atoms. The van der Waals surface area contributed by atoms with Crippen LogP contribution in [0, 0.1) is 0 Å². The average molecular weight is 1010 g/mol. The van der Waals surface area contributed by atoms with Crippen molar-refractivity contribution in [2.24, 2.45) is 0 Å². The zero-order valence-electron chi connectivity index (χ0n) is 47.1. The largest absolute Gasteiger partial charge is 0.462 e. The third kappa shape index (κ3) is 58.3. The standard InChI is InChI=1S/C67H108O6/c1-4-7-10-13-16-19-22-24-26-27-28-29-30-31-32-33-34-35-36-37-38-39-41-42-45-48-51-54-57-60-66(69)72-63-64(62-71-65(68)59-56-53-50-47-44-21-18-15-12-9-6-3)73-67(70)61-58-55-52-49-46-43-40-25-23-20-17-14-11-8-5-2/h7-8,10-11,15-20,24-26,28-29,31-32,40,46,49,55,58,64H,4-6,9,12-14,21-23,27,30,33-39,41-45,47-48,50-54,56-57,59-63H2,1-3H3/b10-7-,11-8-,18-15-,19-16-,20-17-,26-24-,29-28-,32-31-,40-25-,49-46-,58-55-. The van der Waals surface area contributed by atoms with Crippen molar-refractivity contribution in [3.05, 3.63) is 134 Å². The van der Waals surface area contributed by atoms with Gasteiger partial charge >= 0.3 is 17.9 Å². The van der Waals surface area contributed by atoms with E-state index in [2.05, 4.69) is 142 Å². The Balaban J connectivity index is 4.30. The van der Waals surface area contributed by atoms with Crippen LogP contribution in [0.2, 0.25) is 0 Å². The fourth-order valence-electron chi connectivity index (χ4n) is 7.76. The maximum Gasteiger partial charge on any atom is 0.310 e. The summed E-state index contributed by atoms with van der Waals surface area (Å²) in [5.41, 5.74) is 0. The van der Waals surface area contributed by atoms with Gasteiger partial charge in [-0.2, -0.15) is 0 Å². The molecule has 0 aliphatic carbocycles. The van der Waals surface area contributed by atoms with Crippen molar-refractivity contribution in [3.8, 4) is 0 Å². The molecule has 1 unspecified atom stereocenters. The Labute approximate surface area is 449 Å². The molecule has 1 atom stereocenters. The van der Waals surface area contributed by atoms with Gasteiger partial charge in [-0.25, -0.2) is 0 Å². The molecular weight excluding hydrogens is 901 g/mol. The van der Waals surface area contributed by atoms with Crippen LogP contribution in [0.3, 0.4) is 0 Å². The molecule has 412 valence electrons. The van der Waals surface area contributed by atoms with Crippen molar-refractivity contribution in [1.82, 2.24) is 0 Å². The Hall–Kier alpha value is -4.45. The number of hydrogen-bond acceptors (Lipinski definition) is 6. The van der Waals surface area contributed by atoms with Crippen molar-refractivity contribution in [2.75, 3.05) is 13.2 Å². The van der Waals surface area contributed by atoms with E-state index in [9.17, 15) is 14.4 Å². The van der Waals surface area contributed by atoms with E-state index >= 15 is 0 Å². The molecule has 0 aliphatic heterocycles. The molecule has 0 spiro atoms. The smallest absolute Gasteiger partial charge is 0.310 e. The second-order valence-electron chi connectivity index (χ2n) is 19.2. The summed E-state index contributed by atoms with van der Waals surface area (Å²) >= 11 is 0. The summed E-state index contributed by atoms with van der Waals surface area (Å²) < 4.78 is 16.7. The minimum absolute atomic E-state index is 0.0912. The summed E-state index contributed by atoms with van der Waals surface area (Å²) in [6, 6.07) is 0. The maximum absolute atomic E-state index is 12.8. The molecule has 0 aromatic carbocycles. The highest BCUT2D eigenvalue weighted by molar-refractivity contribution is 5.72. The van der Waals surface area contributed by atoms with Crippen LogP contribution in [0.25, 0.3) is 0 Å². The molecule has 0 aromatic rings. The minimum Gasteiger partial charge on any atom is -0.462 e. The molecule has 0 fully saturated rings. The van der Waals surface area contributed by atoms with Gasteiger partial charge in [0.1, 0.15) is 13.2 Å². The normalized spacial score (nSPS) is 13.1. The Morgan fingerprint density at radius 2 is 0.575 bits per heavy atom. The number of allylic oxidation sites excluding steroid dienone is 21. The minimum atomic E-state index is -0.839. The van der Waals surface area contributed by atoms with E-state index in [0.717, 1.165) is 109 Å². The Morgan fingerprint density at radius 3 is 0.918 bits per heavy atom. The van der Waals surface area contributed by atoms with Gasteiger partial charge in [0.2, 0.25) is 0 Å². The number of esters is 3. The Bertz CT molecular complexity index is 1580. The molecule has 0 heterocycles. The molecular formula is C67H108O6. The van der Waals surface area contributed by atoms with Crippen LogP contribution in [0.4, 0.5) is 0 Å². The summed E-state index contributed by atoms with van der Waals surface area (Å²) in [5, 5.41) is 0. The van der Waals surface area contributed by atoms with Gasteiger partial charge < -0.3 is 14.2 Å². The fraction of sp³-hybridized carbons (Fsp3) is 0.627. The van der Waals surface area contributed by atoms with Gasteiger partial charge in [0.05, 0.1) is 6.42 Å². The van der Waals surface area contributed by atoms with Crippen molar-refractivity contribution in [1.29, 1.82) is 0 Å². The molecule has 0 rings (SSSR count). The van der Waals surface area contributed by atoms with Crippen LogP contribution in [-0.4, -0.2) is 37.2 Å². The average Bonchev–Trinajstić information content (AvgIpc) is 3.39. The quantitative estimate of drug-likeness (QED) is 0.0261. The van der Waals surface area contributed by atoms with Gasteiger partial charge in [0.15, 0.2) is 6.10 Å². The lowest BCUT2D eigenvalue weighted by molar-refractivity contribution is -0.166. The number of carbonyl (C=O) groups is 3. The van der Waals surface area contributed by atoms with Crippen LogP contribution in [0.5, 0.6) is 0 Å². The molecule has 6 heteroatoms. The van der Waals surface area contributed by atoms with E-state index in [-0.39, 0.29) is 31.6 Å². The molecule has 0 saturated heterocycles. The highest BCUT2D eigenvalue weighted by Crippen LogP contribution is 2.15. The third-order valence-electron chi connectivity index (χ3n) is 12.2. The molecule has 0 amide bonds. The molecule has 0 aromatic heterocycles. The first-order valence-corrected chi connectivity index (χ1v) is 29.7. The lowest BCUT2D eigenvalue weighted by Gasteiger charge is -2.18. The van der Waals surface area contributed by atoms with Gasteiger partial charge in [-0.3, -0.25) is 14.4 Å². The van der Waals surface area contributed by atoms with Crippen molar-refractivity contribution in [2.45, 2.75) is 258 Å². The second-order valence-corrected chi connectivity index (χ2v) is 19.2. The van der Waals surface area contributed by atoms with Crippen LogP contribution < -0.4 is 0 Å². The van der Waals surface area contributed by atoms with E-state index in [4.69, 9.17) is 14.2 Å². The first-order valence-electron chi connectivity index (χ1n) is 29.7. The van der Waals surface area contributed by atoms with Crippen LogP contribution in [0.15, 0.2) is 134 Å². The fourth-order valence-corrected chi connectivity index (χ4v) is 7.76. The van der Waals surface area contributed by atoms with E-state index in [1.165, 1.54) is 96.3 Å². The van der Waals surface area contributed by atoms with Gasteiger partial charge in [0.25, 0.3) is 0 Å². The van der Waals surface area contributed by atoms with E-state index in [1.54, 1.807) is 6.08 Å². The van der Waals surface area contributed by atoms with Crippen molar-refractivity contribution < 1.29 is 28.6 Å². The monoisotopic (exact) mass is 1010 g/mol. The van der Waals surface area contributed by atoms with E-state index < -0.39 is 12.1 Å². The van der Waals surface area contributed by atoms with E-state index in [0.29, 0.717) is 19.3 Å². The summed E-state index contributed by atoms with van der Waals surface area (Å²) in [4.78, 5) is 38.0. The molecule has 73 heavy (non-hydrogen) atoms. The van der Waals surface area contributed by atoms with Gasteiger partial charge in [-0.05, 0) is 109 Å². The van der Waals surface area contributed by atoms with Gasteiger partial charge in [-0.15, -0.1) is 0 Å². The highest BCUT2D eigenvalue weighted by atomic mass is 16.6. The molecule has 0 saturated carbocycles. The Kier molecular flexibility index (Phi) is 56.4. The summed E-state index contributed by atoms with van der Waals surface area (Å²) in [6.45, 7) is 6.27. The lowest BCUT2D eigenvalue weighted by Crippen LogP contribution is -2.30. The van der Waals surface area contributed by atoms with Gasteiger partial charge in [-0.1, -0.05) is 257 Å². The molecule has 0 N–H and O–H groups in total. The SMILES string of the molecule is CC/C=C\C/C=C\C/C=C\C/C=C\C/C=C\CCCCCCCCCCCCCCCC(=O)OCC(COC(=O)CCCCCCC/C=C\CCCC)OC(=O)C/C=C\C/C=C\C/C=C\C/C=C\C/C=C\CC. The predicted molar refractivity (Wildman–Crippen MR) is 316 cm³/mol. The zero-order valence-corrected chi connectivity index (χ0v) is 47.1. The van der Waals surface area contributed by atoms with Crippen molar-refractivity contribution in [3.63, 3.8) is 0 Å². The number of rotatable bonds is 52. The topological polar surface area (TPSA) is 78.9 Å². The summed E-state index contributed by atoms with van der Waals surface area (Å²) in [5.74, 6) is -1.07. The first-order chi connectivity index (χ1) is 36.0. The first kappa shape index (κ1) is 68.6. The van der Waals surface area contributed by atoms with Crippen LogP contribution >= 0.6 is 0 Å². The van der Waals surface area contributed by atoms with Crippen molar-refractivity contribution >= 4 is 17.9 Å². The highest BCUT2D eigenvalue weighted by Gasteiger charge is 2.19. The van der Waals surface area contributed by atoms with E-state index in [1.807, 2.05) is 6.08 Å². The lowest BCUT2D eigenvalue weighted by atomic mass is 10.0. The number of unbranched alkanes of at least 4 members (excludes halogenated alkanes) is 20. The van der Waals surface area contributed by atoms with Crippen LogP contribution in [-0.2, 0) is 28.6 Å². The molecule has 0 radical (unpaired) electrons. The zero-order chi connectivity index (χ0) is 52.9. The number of hydrogen-bond donors (Lipinski definition) is 0. The maximum atomic E-state index is 12.8.